The molecule has 2 aliphatic heterocycles. The molecule has 244 valence electrons. The van der Waals surface area contributed by atoms with Crippen molar-refractivity contribution in [1.29, 1.82) is 0 Å². The van der Waals surface area contributed by atoms with Crippen LogP contribution in [0.15, 0.2) is 52.2 Å². The molecule has 46 heavy (non-hydrogen) atoms. The van der Waals surface area contributed by atoms with Crippen molar-refractivity contribution in [2.45, 2.75) is 44.8 Å². The Morgan fingerprint density at radius 1 is 1.13 bits per heavy atom. The number of hydrogen-bond acceptors (Lipinski definition) is 6. The van der Waals surface area contributed by atoms with Crippen LogP contribution in [0.4, 0.5) is 19.7 Å². The zero-order chi connectivity index (χ0) is 33.1. The SMILES string of the molecule is COc1ccc2c(c1)CCN(C1CCN(C(=O)Cn3cc(-c4cccc(F)c4Cl)c(=O)n([C@@H](C)CNC(=O)O)c3=O)CC1)C(=O)N2. The Kier molecular flexibility index (Phi) is 9.65. The number of nitrogens with zero attached hydrogens (tertiary/aromatic N) is 4. The van der Waals surface area contributed by atoms with Gasteiger partial charge in [-0.2, -0.15) is 0 Å². The van der Waals surface area contributed by atoms with Crippen LogP contribution in [0.25, 0.3) is 11.1 Å². The van der Waals surface area contributed by atoms with E-state index in [4.69, 9.17) is 21.4 Å². The Balaban J connectivity index is 1.33. The van der Waals surface area contributed by atoms with Gasteiger partial charge >= 0.3 is 17.8 Å². The van der Waals surface area contributed by atoms with Gasteiger partial charge in [-0.3, -0.25) is 18.7 Å². The van der Waals surface area contributed by atoms with E-state index in [0.717, 1.165) is 26.5 Å². The van der Waals surface area contributed by atoms with Crippen molar-refractivity contribution in [2.75, 3.05) is 38.6 Å². The van der Waals surface area contributed by atoms with E-state index in [0.29, 0.717) is 44.6 Å². The number of methoxy groups -OCH3 is 1. The second kappa shape index (κ2) is 13.6. The number of carboxylic acid groups (broad SMARTS) is 1. The molecule has 0 spiro atoms. The Morgan fingerprint density at radius 3 is 2.57 bits per heavy atom. The van der Waals surface area contributed by atoms with Crippen LogP contribution in [0.1, 0.15) is 31.4 Å². The summed E-state index contributed by atoms with van der Waals surface area (Å²) in [6.45, 7) is 1.95. The lowest BCUT2D eigenvalue weighted by Gasteiger charge is -2.38. The van der Waals surface area contributed by atoms with E-state index in [1.54, 1.807) is 23.0 Å². The molecule has 1 fully saturated rings. The minimum Gasteiger partial charge on any atom is -0.497 e. The third kappa shape index (κ3) is 6.71. The van der Waals surface area contributed by atoms with Crippen molar-refractivity contribution < 1.29 is 28.6 Å². The number of benzene rings is 2. The summed E-state index contributed by atoms with van der Waals surface area (Å²) in [5, 5.41) is 13.8. The highest BCUT2D eigenvalue weighted by molar-refractivity contribution is 6.33. The number of anilines is 1. The molecule has 2 aromatic carbocycles. The molecule has 0 saturated carbocycles. The summed E-state index contributed by atoms with van der Waals surface area (Å²) < 4.78 is 21.5. The number of carbonyl (C=O) groups is 3. The van der Waals surface area contributed by atoms with Gasteiger partial charge in [0.05, 0.1) is 23.7 Å². The van der Waals surface area contributed by atoms with Gasteiger partial charge in [0.15, 0.2) is 0 Å². The van der Waals surface area contributed by atoms with Crippen LogP contribution in [-0.4, -0.2) is 81.4 Å². The zero-order valence-electron chi connectivity index (χ0n) is 25.3. The number of carbonyl (C=O) groups excluding carboxylic acids is 2. The molecule has 5 rings (SSSR count). The van der Waals surface area contributed by atoms with E-state index in [2.05, 4.69) is 10.6 Å². The summed E-state index contributed by atoms with van der Waals surface area (Å²) in [6, 6.07) is 8.17. The fourth-order valence-electron chi connectivity index (χ4n) is 5.92. The lowest BCUT2D eigenvalue weighted by molar-refractivity contribution is -0.133. The van der Waals surface area contributed by atoms with Crippen molar-refractivity contribution in [3.63, 3.8) is 0 Å². The van der Waals surface area contributed by atoms with E-state index in [9.17, 15) is 28.4 Å². The van der Waals surface area contributed by atoms with Crippen LogP contribution in [0.3, 0.4) is 0 Å². The maximum Gasteiger partial charge on any atom is 0.404 e. The fraction of sp³-hybridized carbons (Fsp3) is 0.387. The van der Waals surface area contributed by atoms with Gasteiger partial charge in [-0.1, -0.05) is 23.7 Å². The van der Waals surface area contributed by atoms with Gasteiger partial charge in [-0.25, -0.2) is 18.8 Å². The van der Waals surface area contributed by atoms with E-state index in [1.165, 1.54) is 25.3 Å². The van der Waals surface area contributed by atoms with Crippen LogP contribution in [-0.2, 0) is 17.8 Å². The number of piperidine rings is 1. The van der Waals surface area contributed by atoms with E-state index in [-0.39, 0.29) is 34.8 Å². The molecule has 1 atom stereocenters. The average molecular weight is 657 g/mol. The van der Waals surface area contributed by atoms with E-state index in [1.807, 2.05) is 12.1 Å². The number of amides is 4. The Hall–Kier alpha value is -4.85. The molecule has 1 saturated heterocycles. The van der Waals surface area contributed by atoms with E-state index < -0.39 is 41.7 Å². The molecule has 4 amide bonds. The molecular formula is C31H34ClFN6O7. The number of hydrogen-bond donors (Lipinski definition) is 3. The molecule has 0 radical (unpaired) electrons. The number of urea groups is 1. The first kappa shape index (κ1) is 32.5. The van der Waals surface area contributed by atoms with Gasteiger partial charge in [-0.05, 0) is 56.0 Å². The molecule has 3 heterocycles. The standard InChI is InChI=1S/C31H34ClFN6O7/c1-18(15-34-30(43)44)39-28(41)23(22-4-3-5-24(33)27(22)32)16-37(31(39)45)17-26(40)36-11-9-20(10-12-36)38-13-8-19-14-21(46-2)6-7-25(19)35-29(38)42/h3-7,14,16,18,20,34H,8-13,15,17H2,1-2H3,(H,35,42)(H,43,44)/t18-/m0/s1. The van der Waals surface area contributed by atoms with Crippen molar-refractivity contribution in [3.05, 3.63) is 79.8 Å². The quantitative estimate of drug-likeness (QED) is 0.336. The van der Waals surface area contributed by atoms with Crippen molar-refractivity contribution in [3.8, 4) is 16.9 Å². The highest BCUT2D eigenvalue weighted by Crippen LogP contribution is 2.29. The minimum atomic E-state index is -1.34. The smallest absolute Gasteiger partial charge is 0.404 e. The average Bonchev–Trinajstić information content (AvgIpc) is 3.20. The van der Waals surface area contributed by atoms with Crippen molar-refractivity contribution in [1.82, 2.24) is 24.3 Å². The molecule has 0 aliphatic carbocycles. The molecule has 3 N–H and O–H groups in total. The molecule has 2 aliphatic rings. The predicted octanol–water partition coefficient (Wildman–Crippen LogP) is 3.39. The van der Waals surface area contributed by atoms with Crippen LogP contribution in [0, 0.1) is 5.82 Å². The highest BCUT2D eigenvalue weighted by atomic mass is 35.5. The molecule has 3 aromatic rings. The summed E-state index contributed by atoms with van der Waals surface area (Å²) >= 11 is 6.18. The van der Waals surface area contributed by atoms with Gasteiger partial charge in [0.25, 0.3) is 5.56 Å². The maximum atomic E-state index is 14.3. The normalized spacial score (nSPS) is 15.9. The minimum absolute atomic E-state index is 0.0251. The summed E-state index contributed by atoms with van der Waals surface area (Å²) in [5.41, 5.74) is -0.0263. The van der Waals surface area contributed by atoms with Gasteiger partial charge in [0.2, 0.25) is 5.91 Å². The monoisotopic (exact) mass is 656 g/mol. The molecular weight excluding hydrogens is 623 g/mol. The van der Waals surface area contributed by atoms with Gasteiger partial charge in [0, 0.05) is 49.7 Å². The second-order valence-electron chi connectivity index (χ2n) is 11.3. The van der Waals surface area contributed by atoms with Crippen LogP contribution >= 0.6 is 11.6 Å². The number of nitrogens with one attached hydrogen (secondary N) is 2. The van der Waals surface area contributed by atoms with Crippen LogP contribution < -0.4 is 26.6 Å². The first-order chi connectivity index (χ1) is 22.0. The van der Waals surface area contributed by atoms with Gasteiger partial charge in [0.1, 0.15) is 18.1 Å². The Bertz CT molecular complexity index is 1790. The third-order valence-corrected chi connectivity index (χ3v) is 8.80. The number of fused-ring (bicyclic) bond motifs is 1. The number of aromatic nitrogens is 2. The topological polar surface area (TPSA) is 155 Å². The van der Waals surface area contributed by atoms with Gasteiger partial charge < -0.3 is 30.3 Å². The fourth-order valence-corrected chi connectivity index (χ4v) is 6.15. The molecule has 15 heteroatoms. The summed E-state index contributed by atoms with van der Waals surface area (Å²) in [7, 11) is 1.59. The van der Waals surface area contributed by atoms with Gasteiger partial charge in [-0.15, -0.1) is 0 Å². The van der Waals surface area contributed by atoms with Crippen LogP contribution in [0.2, 0.25) is 5.02 Å². The summed E-state index contributed by atoms with van der Waals surface area (Å²) in [5.74, 6) is -0.456. The number of likely N-dealkylation sites (tertiary alicyclic amines) is 1. The number of rotatable bonds is 8. The van der Waals surface area contributed by atoms with Crippen LogP contribution in [0.5, 0.6) is 5.75 Å². The van der Waals surface area contributed by atoms with Crippen molar-refractivity contribution in [2.24, 2.45) is 0 Å². The first-order valence-electron chi connectivity index (χ1n) is 14.8. The van der Waals surface area contributed by atoms with E-state index >= 15 is 0 Å². The lowest BCUT2D eigenvalue weighted by Crippen LogP contribution is -2.51. The molecule has 13 nitrogen and oxygen atoms in total. The highest BCUT2D eigenvalue weighted by Gasteiger charge is 2.32. The lowest BCUT2D eigenvalue weighted by atomic mass is 10.0. The maximum absolute atomic E-state index is 14.3. The molecule has 1 aromatic heterocycles. The predicted molar refractivity (Wildman–Crippen MR) is 168 cm³/mol. The number of halogens is 2. The Labute approximate surface area is 268 Å². The first-order valence-corrected chi connectivity index (χ1v) is 15.2. The largest absolute Gasteiger partial charge is 0.497 e. The zero-order valence-corrected chi connectivity index (χ0v) is 26.1. The third-order valence-electron chi connectivity index (χ3n) is 8.42. The number of ether oxygens (including phenoxy) is 1. The summed E-state index contributed by atoms with van der Waals surface area (Å²) in [6.07, 6.45) is 1.52. The van der Waals surface area contributed by atoms with Crippen molar-refractivity contribution >= 4 is 35.3 Å². The second-order valence-corrected chi connectivity index (χ2v) is 11.7. The summed E-state index contributed by atoms with van der Waals surface area (Å²) in [4.78, 5) is 68.0. The molecule has 0 bridgehead atoms. The molecule has 0 unspecified atom stereocenters. The Morgan fingerprint density at radius 2 is 1.87 bits per heavy atom.